The summed E-state index contributed by atoms with van der Waals surface area (Å²) < 4.78 is 30.7. The fourth-order valence-corrected chi connectivity index (χ4v) is 6.61. The molecule has 0 aliphatic heterocycles. The standard InChI is InChI=1S/C31H26BrNO3S/c1-22-15-17-27(18-16-22)37(35,36)33-29(23-9-8-14-26(32)21-23)28-19-20-31(30(28)34,24-10-4-2-5-11-24)25-12-6-3-7-13-25/h2-19,21,29,33H,20H2,1H3/t29-/m0/s1. The Morgan fingerprint density at radius 3 is 1.97 bits per heavy atom. The molecule has 37 heavy (non-hydrogen) atoms. The molecule has 0 bridgehead atoms. The fourth-order valence-electron chi connectivity index (χ4n) is 4.99. The van der Waals surface area contributed by atoms with Crippen LogP contribution in [0.5, 0.6) is 0 Å². The van der Waals surface area contributed by atoms with E-state index in [0.717, 1.165) is 21.2 Å². The maximum atomic E-state index is 14.5. The molecule has 0 aromatic heterocycles. The van der Waals surface area contributed by atoms with Crippen LogP contribution in [0.2, 0.25) is 0 Å². The minimum atomic E-state index is -3.92. The van der Waals surface area contributed by atoms with Crippen molar-refractivity contribution in [2.75, 3.05) is 0 Å². The molecule has 0 saturated carbocycles. The Bertz CT molecular complexity index is 1520. The summed E-state index contributed by atoms with van der Waals surface area (Å²) in [5.41, 5.74) is 2.91. The highest BCUT2D eigenvalue weighted by Gasteiger charge is 2.48. The molecule has 1 aliphatic carbocycles. The molecule has 6 heteroatoms. The topological polar surface area (TPSA) is 63.2 Å². The first-order valence-corrected chi connectivity index (χ1v) is 14.3. The van der Waals surface area contributed by atoms with Gasteiger partial charge in [-0.15, -0.1) is 0 Å². The molecule has 0 heterocycles. The Morgan fingerprint density at radius 1 is 0.811 bits per heavy atom. The molecule has 0 spiro atoms. The predicted octanol–water partition coefficient (Wildman–Crippen LogP) is 6.66. The molecule has 1 aliphatic rings. The molecule has 0 unspecified atom stereocenters. The van der Waals surface area contributed by atoms with Gasteiger partial charge in [0.1, 0.15) is 0 Å². The Kier molecular flexibility index (Phi) is 6.99. The van der Waals surface area contributed by atoms with Crippen molar-refractivity contribution in [2.24, 2.45) is 0 Å². The van der Waals surface area contributed by atoms with E-state index in [1.807, 2.05) is 97.9 Å². The van der Waals surface area contributed by atoms with E-state index in [1.54, 1.807) is 24.3 Å². The molecular weight excluding hydrogens is 546 g/mol. The maximum absolute atomic E-state index is 14.5. The highest BCUT2D eigenvalue weighted by molar-refractivity contribution is 9.10. The normalized spacial score (nSPS) is 15.8. The van der Waals surface area contributed by atoms with E-state index in [4.69, 9.17) is 0 Å². The number of Topliss-reactive ketones (excluding diaryl/α,β-unsaturated/α-hetero) is 1. The predicted molar refractivity (Wildman–Crippen MR) is 150 cm³/mol. The van der Waals surface area contributed by atoms with Gasteiger partial charge in [0.2, 0.25) is 10.0 Å². The molecule has 0 amide bonds. The lowest BCUT2D eigenvalue weighted by Gasteiger charge is -2.31. The van der Waals surface area contributed by atoms with Crippen molar-refractivity contribution in [3.05, 3.63) is 148 Å². The highest BCUT2D eigenvalue weighted by atomic mass is 79.9. The Balaban J connectivity index is 1.62. The second-order valence-corrected chi connectivity index (χ2v) is 11.9. The van der Waals surface area contributed by atoms with E-state index >= 15 is 0 Å². The van der Waals surface area contributed by atoms with Gasteiger partial charge in [0, 0.05) is 10.0 Å². The molecule has 0 radical (unpaired) electrons. The first-order valence-electron chi connectivity index (χ1n) is 12.0. The number of benzene rings is 4. The maximum Gasteiger partial charge on any atom is 0.241 e. The van der Waals surface area contributed by atoms with Crippen molar-refractivity contribution >= 4 is 31.7 Å². The third-order valence-corrected chi connectivity index (χ3v) is 8.84. The number of carbonyl (C=O) groups is 1. The van der Waals surface area contributed by atoms with Crippen LogP contribution in [0.3, 0.4) is 0 Å². The number of hydrogen-bond acceptors (Lipinski definition) is 3. The first-order chi connectivity index (χ1) is 17.8. The van der Waals surface area contributed by atoms with Crippen molar-refractivity contribution < 1.29 is 13.2 Å². The van der Waals surface area contributed by atoms with Gasteiger partial charge in [0.15, 0.2) is 5.78 Å². The quantitative estimate of drug-likeness (QED) is 0.269. The van der Waals surface area contributed by atoms with Crippen LogP contribution < -0.4 is 4.72 Å². The smallest absolute Gasteiger partial charge is 0.241 e. The van der Waals surface area contributed by atoms with Gasteiger partial charge in [-0.1, -0.05) is 112 Å². The summed E-state index contributed by atoms with van der Waals surface area (Å²) in [5.74, 6) is -0.110. The number of allylic oxidation sites excluding steroid dienone is 1. The first kappa shape index (κ1) is 25.3. The number of hydrogen-bond donors (Lipinski definition) is 1. The summed E-state index contributed by atoms with van der Waals surface area (Å²) in [6.07, 6.45) is 2.33. The van der Waals surface area contributed by atoms with E-state index in [-0.39, 0.29) is 10.7 Å². The van der Waals surface area contributed by atoms with Crippen LogP contribution in [-0.4, -0.2) is 14.2 Å². The SMILES string of the molecule is Cc1ccc(S(=O)(=O)N[C@H](C2=CCC(c3ccccc3)(c3ccccc3)C2=O)c2cccc(Br)c2)cc1. The van der Waals surface area contributed by atoms with Gasteiger partial charge in [-0.2, -0.15) is 4.72 Å². The lowest BCUT2D eigenvalue weighted by Crippen LogP contribution is -2.38. The number of aryl methyl sites for hydroxylation is 1. The molecule has 4 aromatic rings. The van der Waals surface area contributed by atoms with E-state index < -0.39 is 21.5 Å². The molecule has 1 N–H and O–H groups in total. The van der Waals surface area contributed by atoms with Crippen LogP contribution in [-0.2, 0) is 20.2 Å². The van der Waals surface area contributed by atoms with Crippen LogP contribution in [0.1, 0.15) is 34.7 Å². The van der Waals surface area contributed by atoms with Crippen molar-refractivity contribution in [2.45, 2.75) is 29.7 Å². The third-order valence-electron chi connectivity index (χ3n) is 6.91. The number of halogens is 1. The van der Waals surface area contributed by atoms with E-state index in [2.05, 4.69) is 20.7 Å². The average molecular weight is 573 g/mol. The van der Waals surface area contributed by atoms with Crippen molar-refractivity contribution in [3.8, 4) is 0 Å². The number of nitrogens with one attached hydrogen (secondary N) is 1. The molecule has 0 saturated heterocycles. The number of carbonyl (C=O) groups excluding carboxylic acids is 1. The third kappa shape index (κ3) is 4.85. The largest absolute Gasteiger partial charge is 0.293 e. The van der Waals surface area contributed by atoms with Crippen LogP contribution in [0.15, 0.2) is 130 Å². The zero-order valence-corrected chi connectivity index (χ0v) is 22.7. The molecule has 186 valence electrons. The lowest BCUT2D eigenvalue weighted by atomic mass is 9.70. The van der Waals surface area contributed by atoms with Crippen molar-refractivity contribution in [1.82, 2.24) is 4.72 Å². The molecular formula is C31H26BrNO3S. The van der Waals surface area contributed by atoms with Gasteiger partial charge in [0.25, 0.3) is 0 Å². The van der Waals surface area contributed by atoms with Gasteiger partial charge >= 0.3 is 0 Å². The lowest BCUT2D eigenvalue weighted by molar-refractivity contribution is -0.119. The molecule has 1 atom stereocenters. The molecule has 4 aromatic carbocycles. The van der Waals surface area contributed by atoms with E-state index in [9.17, 15) is 13.2 Å². The monoisotopic (exact) mass is 571 g/mol. The number of sulfonamides is 1. The minimum absolute atomic E-state index is 0.110. The van der Waals surface area contributed by atoms with Crippen LogP contribution >= 0.6 is 15.9 Å². The zero-order chi connectivity index (χ0) is 26.0. The van der Waals surface area contributed by atoms with Crippen molar-refractivity contribution in [3.63, 3.8) is 0 Å². The molecule has 5 rings (SSSR count). The van der Waals surface area contributed by atoms with Crippen LogP contribution in [0.4, 0.5) is 0 Å². The van der Waals surface area contributed by atoms with Crippen LogP contribution in [0, 0.1) is 6.92 Å². The number of ketones is 1. The Morgan fingerprint density at radius 2 is 1.41 bits per heavy atom. The molecule has 0 fully saturated rings. The average Bonchev–Trinajstić information content (AvgIpc) is 3.26. The zero-order valence-electron chi connectivity index (χ0n) is 20.3. The summed E-state index contributed by atoms with van der Waals surface area (Å²) >= 11 is 3.50. The highest BCUT2D eigenvalue weighted by Crippen LogP contribution is 2.46. The van der Waals surface area contributed by atoms with E-state index in [0.29, 0.717) is 17.6 Å². The minimum Gasteiger partial charge on any atom is -0.293 e. The van der Waals surface area contributed by atoms with Crippen molar-refractivity contribution in [1.29, 1.82) is 0 Å². The summed E-state index contributed by atoms with van der Waals surface area (Å²) in [6, 6.07) is 32.7. The Labute approximate surface area is 226 Å². The van der Waals surface area contributed by atoms with Gasteiger partial charge < -0.3 is 0 Å². The second-order valence-electron chi connectivity index (χ2n) is 9.25. The summed E-state index contributed by atoms with van der Waals surface area (Å²) in [4.78, 5) is 14.6. The fraction of sp³-hybridized carbons (Fsp3) is 0.129. The summed E-state index contributed by atoms with van der Waals surface area (Å²) in [7, 11) is -3.92. The summed E-state index contributed by atoms with van der Waals surface area (Å²) in [5, 5.41) is 0. The summed E-state index contributed by atoms with van der Waals surface area (Å²) in [6.45, 7) is 1.91. The molecule has 4 nitrogen and oxygen atoms in total. The van der Waals surface area contributed by atoms with E-state index in [1.165, 1.54) is 0 Å². The van der Waals surface area contributed by atoms with Gasteiger partial charge in [-0.3, -0.25) is 4.79 Å². The Hall–Kier alpha value is -3.32. The second kappa shape index (κ2) is 10.2. The van der Waals surface area contributed by atoms with Gasteiger partial charge in [-0.05, 0) is 54.3 Å². The van der Waals surface area contributed by atoms with Gasteiger partial charge in [0.05, 0.1) is 16.4 Å². The van der Waals surface area contributed by atoms with Gasteiger partial charge in [-0.25, -0.2) is 8.42 Å². The number of rotatable bonds is 7. The van der Waals surface area contributed by atoms with Crippen LogP contribution in [0.25, 0.3) is 0 Å².